The molecule has 27 heavy (non-hydrogen) atoms. The summed E-state index contributed by atoms with van der Waals surface area (Å²) in [5.41, 5.74) is 2.62. The average Bonchev–Trinajstić information content (AvgIpc) is 2.64. The highest BCUT2D eigenvalue weighted by molar-refractivity contribution is 14.0. The van der Waals surface area contributed by atoms with Crippen molar-refractivity contribution < 1.29 is 14.3 Å². The predicted octanol–water partition coefficient (Wildman–Crippen LogP) is 2.94. The SMILES string of the molecule is CN=C(NCc1ccc(O)c(F)c1)NCC1CC(=O)Nc2ccccc21.I. The van der Waals surface area contributed by atoms with Crippen molar-refractivity contribution in [2.45, 2.75) is 18.9 Å². The highest BCUT2D eigenvalue weighted by atomic mass is 127. The van der Waals surface area contributed by atoms with E-state index in [4.69, 9.17) is 0 Å². The van der Waals surface area contributed by atoms with Gasteiger partial charge in [0, 0.05) is 38.2 Å². The first-order valence-corrected chi connectivity index (χ1v) is 8.37. The summed E-state index contributed by atoms with van der Waals surface area (Å²) in [5, 5.41) is 18.4. The number of fused-ring (bicyclic) bond motifs is 1. The van der Waals surface area contributed by atoms with Gasteiger partial charge >= 0.3 is 0 Å². The Kier molecular flexibility index (Phi) is 7.40. The molecule has 3 rings (SSSR count). The molecule has 2 aromatic rings. The van der Waals surface area contributed by atoms with Crippen molar-refractivity contribution in [1.29, 1.82) is 0 Å². The first kappa shape index (κ1) is 20.9. The Bertz CT molecular complexity index is 844. The summed E-state index contributed by atoms with van der Waals surface area (Å²) < 4.78 is 13.4. The number of carbonyl (C=O) groups excluding carboxylic acids is 1. The number of hydrogen-bond acceptors (Lipinski definition) is 3. The maximum Gasteiger partial charge on any atom is 0.225 e. The number of aliphatic imine (C=N–C) groups is 1. The van der Waals surface area contributed by atoms with Crippen LogP contribution in [0.15, 0.2) is 47.5 Å². The van der Waals surface area contributed by atoms with Gasteiger partial charge in [-0.15, -0.1) is 24.0 Å². The van der Waals surface area contributed by atoms with Gasteiger partial charge in [0.25, 0.3) is 0 Å². The predicted molar refractivity (Wildman–Crippen MR) is 114 cm³/mol. The molecule has 1 unspecified atom stereocenters. The lowest BCUT2D eigenvalue weighted by atomic mass is 9.90. The Labute approximate surface area is 174 Å². The van der Waals surface area contributed by atoms with Crippen LogP contribution in [0.5, 0.6) is 5.75 Å². The molecular formula is C19H22FIN4O2. The van der Waals surface area contributed by atoms with Crippen LogP contribution in [0.2, 0.25) is 0 Å². The number of phenolic OH excluding ortho intramolecular Hbond substituents is 1. The van der Waals surface area contributed by atoms with Gasteiger partial charge in [-0.1, -0.05) is 24.3 Å². The lowest BCUT2D eigenvalue weighted by Gasteiger charge is -2.26. The zero-order chi connectivity index (χ0) is 18.5. The van der Waals surface area contributed by atoms with E-state index < -0.39 is 5.82 Å². The van der Waals surface area contributed by atoms with Crippen LogP contribution in [-0.4, -0.2) is 30.6 Å². The van der Waals surface area contributed by atoms with Crippen LogP contribution in [0.1, 0.15) is 23.5 Å². The van der Waals surface area contributed by atoms with Crippen molar-refractivity contribution in [3.05, 3.63) is 59.4 Å². The molecule has 4 N–H and O–H groups in total. The first-order valence-electron chi connectivity index (χ1n) is 8.37. The topological polar surface area (TPSA) is 85.8 Å². The van der Waals surface area contributed by atoms with Crippen LogP contribution < -0.4 is 16.0 Å². The molecule has 1 heterocycles. The zero-order valence-corrected chi connectivity index (χ0v) is 17.2. The molecule has 8 heteroatoms. The van der Waals surface area contributed by atoms with Gasteiger partial charge in [-0.25, -0.2) is 4.39 Å². The van der Waals surface area contributed by atoms with Gasteiger partial charge in [0.2, 0.25) is 5.91 Å². The van der Waals surface area contributed by atoms with Crippen LogP contribution in [0.4, 0.5) is 10.1 Å². The quantitative estimate of drug-likeness (QED) is 0.306. The first-order chi connectivity index (χ1) is 12.6. The highest BCUT2D eigenvalue weighted by Crippen LogP contribution is 2.31. The number of anilines is 1. The number of guanidine groups is 1. The van der Waals surface area contributed by atoms with Crippen molar-refractivity contribution in [2.24, 2.45) is 4.99 Å². The molecule has 0 bridgehead atoms. The number of carbonyl (C=O) groups is 1. The monoisotopic (exact) mass is 484 g/mol. The number of phenols is 1. The van der Waals surface area contributed by atoms with E-state index in [9.17, 15) is 14.3 Å². The molecule has 6 nitrogen and oxygen atoms in total. The normalized spacial score (nSPS) is 16.0. The molecule has 144 valence electrons. The van der Waals surface area contributed by atoms with Gasteiger partial charge in [-0.05, 0) is 29.3 Å². The minimum Gasteiger partial charge on any atom is -0.505 e. The summed E-state index contributed by atoms with van der Waals surface area (Å²) in [4.78, 5) is 16.0. The van der Waals surface area contributed by atoms with Crippen LogP contribution in [0.25, 0.3) is 0 Å². The smallest absolute Gasteiger partial charge is 0.225 e. The van der Waals surface area contributed by atoms with Crippen LogP contribution in [0.3, 0.4) is 0 Å². The number of halogens is 2. The second kappa shape index (κ2) is 9.54. The number of aromatic hydroxyl groups is 1. The van der Waals surface area contributed by atoms with Crippen LogP contribution >= 0.6 is 24.0 Å². The van der Waals surface area contributed by atoms with E-state index in [0.29, 0.717) is 31.0 Å². The molecule has 0 saturated carbocycles. The molecule has 0 aromatic heterocycles. The number of benzene rings is 2. The summed E-state index contributed by atoms with van der Waals surface area (Å²) in [6.07, 6.45) is 0.407. The van der Waals surface area contributed by atoms with Crippen molar-refractivity contribution in [3.8, 4) is 5.75 Å². The molecule has 1 aliphatic rings. The maximum absolute atomic E-state index is 13.4. The highest BCUT2D eigenvalue weighted by Gasteiger charge is 2.24. The number of nitrogens with one attached hydrogen (secondary N) is 3. The molecule has 0 radical (unpaired) electrons. The second-order valence-corrected chi connectivity index (χ2v) is 6.13. The number of amides is 1. The van der Waals surface area contributed by atoms with Gasteiger partial charge < -0.3 is 21.1 Å². The summed E-state index contributed by atoms with van der Waals surface area (Å²) in [6, 6.07) is 12.0. The van der Waals surface area contributed by atoms with Gasteiger partial charge in [0.1, 0.15) is 0 Å². The minimum atomic E-state index is -0.655. The van der Waals surface area contributed by atoms with Gasteiger partial charge in [-0.3, -0.25) is 9.79 Å². The van der Waals surface area contributed by atoms with Crippen LogP contribution in [-0.2, 0) is 11.3 Å². The van der Waals surface area contributed by atoms with Crippen molar-refractivity contribution in [3.63, 3.8) is 0 Å². The zero-order valence-electron chi connectivity index (χ0n) is 14.8. The Morgan fingerprint density at radius 2 is 2.07 bits per heavy atom. The van der Waals surface area contributed by atoms with E-state index in [-0.39, 0.29) is 41.6 Å². The van der Waals surface area contributed by atoms with Crippen LogP contribution in [0, 0.1) is 5.82 Å². The van der Waals surface area contributed by atoms with E-state index in [2.05, 4.69) is 20.9 Å². The molecule has 0 saturated heterocycles. The Hall–Kier alpha value is -2.36. The number of hydrogen-bond donors (Lipinski definition) is 4. The Morgan fingerprint density at radius 1 is 1.30 bits per heavy atom. The molecule has 2 aromatic carbocycles. The fourth-order valence-electron chi connectivity index (χ4n) is 2.97. The summed E-state index contributed by atoms with van der Waals surface area (Å²) >= 11 is 0. The largest absolute Gasteiger partial charge is 0.505 e. The third-order valence-electron chi connectivity index (χ3n) is 4.32. The number of para-hydroxylation sites is 1. The average molecular weight is 484 g/mol. The van der Waals surface area contributed by atoms with E-state index >= 15 is 0 Å². The molecule has 1 aliphatic heterocycles. The van der Waals surface area contributed by atoms with Crippen molar-refractivity contribution in [2.75, 3.05) is 18.9 Å². The summed E-state index contributed by atoms with van der Waals surface area (Å²) in [5.74, 6) is -0.424. The molecule has 1 atom stereocenters. The second-order valence-electron chi connectivity index (χ2n) is 6.13. The van der Waals surface area contributed by atoms with Crippen molar-refractivity contribution in [1.82, 2.24) is 10.6 Å². The van der Waals surface area contributed by atoms with E-state index in [0.717, 1.165) is 11.3 Å². The van der Waals surface area contributed by atoms with Gasteiger partial charge in [-0.2, -0.15) is 0 Å². The molecule has 0 fully saturated rings. The number of rotatable bonds is 4. The summed E-state index contributed by atoms with van der Waals surface area (Å²) in [6.45, 7) is 0.909. The lowest BCUT2D eigenvalue weighted by molar-refractivity contribution is -0.116. The summed E-state index contributed by atoms with van der Waals surface area (Å²) in [7, 11) is 1.65. The van der Waals surface area contributed by atoms with Gasteiger partial charge in [0.05, 0.1) is 0 Å². The molecule has 0 aliphatic carbocycles. The molecule has 1 amide bonds. The Morgan fingerprint density at radius 3 is 2.81 bits per heavy atom. The van der Waals surface area contributed by atoms with Crippen molar-refractivity contribution >= 4 is 41.5 Å². The Balaban J connectivity index is 0.00000261. The third kappa shape index (κ3) is 5.31. The molecule has 0 spiro atoms. The minimum absolute atomic E-state index is 0. The fraction of sp³-hybridized carbons (Fsp3) is 0.263. The van der Waals surface area contributed by atoms with E-state index in [1.54, 1.807) is 13.1 Å². The van der Waals surface area contributed by atoms with Gasteiger partial charge in [0.15, 0.2) is 17.5 Å². The molecular weight excluding hydrogens is 462 g/mol. The number of nitrogens with zero attached hydrogens (tertiary/aromatic N) is 1. The third-order valence-corrected chi connectivity index (χ3v) is 4.32. The maximum atomic E-state index is 13.4. The van der Waals surface area contributed by atoms with E-state index in [1.807, 2.05) is 24.3 Å². The standard InChI is InChI=1S/C19H21FN4O2.HI/c1-21-19(22-10-12-6-7-17(25)15(20)8-12)23-11-13-9-18(26)24-16-5-3-2-4-14(13)16;/h2-8,13,25H,9-11H2,1H3,(H,24,26)(H2,21,22,23);1H. The lowest BCUT2D eigenvalue weighted by Crippen LogP contribution is -2.40. The van der Waals surface area contributed by atoms with E-state index in [1.165, 1.54) is 12.1 Å². The fourth-order valence-corrected chi connectivity index (χ4v) is 2.97.